The van der Waals surface area contributed by atoms with Crippen molar-refractivity contribution in [3.63, 3.8) is 0 Å². The molecule has 2 nitrogen and oxygen atoms in total. The van der Waals surface area contributed by atoms with Gasteiger partial charge in [-0.15, -0.1) is 0 Å². The van der Waals surface area contributed by atoms with Crippen LogP contribution in [0, 0.1) is 0 Å². The zero-order valence-electron chi connectivity index (χ0n) is 10.2. The molecular weight excluding hydrogens is 220 g/mol. The lowest BCUT2D eigenvalue weighted by molar-refractivity contribution is -0.132. The van der Waals surface area contributed by atoms with Gasteiger partial charge in [0.2, 0.25) is 0 Å². The first-order valence-electron chi connectivity index (χ1n) is 5.09. The number of rotatable bonds is 2. The molecule has 0 radical (unpaired) electrons. The van der Waals surface area contributed by atoms with E-state index in [9.17, 15) is 4.79 Å². The van der Waals surface area contributed by atoms with Crippen LogP contribution in [0.25, 0.3) is 0 Å². The summed E-state index contributed by atoms with van der Waals surface area (Å²) in [5, 5.41) is 8.08. The quantitative estimate of drug-likeness (QED) is 0.799. The maximum Gasteiger partial charge on any atom is 0.330 e. The summed E-state index contributed by atoms with van der Waals surface area (Å²) in [6.45, 7) is 9.03. The highest BCUT2D eigenvalue weighted by molar-refractivity contribution is 7.59. The minimum Gasteiger partial charge on any atom is -0.478 e. The Hall–Kier alpha value is -1.22. The van der Waals surface area contributed by atoms with Crippen molar-refractivity contribution in [2.45, 2.75) is 27.2 Å². The fourth-order valence-electron chi connectivity index (χ4n) is 0.536. The Morgan fingerprint density at radius 3 is 1.38 bits per heavy atom. The third kappa shape index (κ3) is 15.3. The van der Waals surface area contributed by atoms with Crippen molar-refractivity contribution < 1.29 is 9.90 Å². The van der Waals surface area contributed by atoms with Crippen LogP contribution in [0.2, 0.25) is 0 Å². The number of hydrogen-bond donors (Lipinski definition) is 1. The van der Waals surface area contributed by atoms with Gasteiger partial charge >= 0.3 is 5.97 Å². The van der Waals surface area contributed by atoms with Gasteiger partial charge < -0.3 is 5.11 Å². The largest absolute Gasteiger partial charge is 0.478 e. The van der Waals surface area contributed by atoms with Gasteiger partial charge in [-0.25, -0.2) is 4.79 Å². The van der Waals surface area contributed by atoms with Gasteiger partial charge in [-0.1, -0.05) is 63.7 Å². The van der Waals surface area contributed by atoms with Gasteiger partial charge in [0.1, 0.15) is 0 Å². The second kappa shape index (κ2) is 16.2. The van der Waals surface area contributed by atoms with Gasteiger partial charge in [-0.2, -0.15) is 13.5 Å². The number of carboxylic acids is 1. The molecule has 1 N–H and O–H groups in total. The Morgan fingerprint density at radius 1 is 1.06 bits per heavy atom. The van der Waals surface area contributed by atoms with Crippen molar-refractivity contribution in [3.05, 3.63) is 48.6 Å². The van der Waals surface area contributed by atoms with Gasteiger partial charge in [-0.3, -0.25) is 0 Å². The van der Waals surface area contributed by atoms with E-state index in [-0.39, 0.29) is 19.1 Å². The summed E-state index contributed by atoms with van der Waals surface area (Å²) in [5.41, 5.74) is 0.264. The van der Waals surface area contributed by atoms with Crippen LogP contribution in [-0.2, 0) is 4.79 Å². The van der Waals surface area contributed by atoms with Crippen molar-refractivity contribution in [1.29, 1.82) is 0 Å². The minimum atomic E-state index is -0.900. The lowest BCUT2D eigenvalue weighted by Gasteiger charge is -1.87. The van der Waals surface area contributed by atoms with Gasteiger partial charge in [0.25, 0.3) is 0 Å². The predicted molar refractivity (Wildman–Crippen MR) is 75.2 cm³/mol. The normalized spacial score (nSPS) is 6.94. The number of aliphatic carboxylic acids is 1. The Kier molecular flexibility index (Phi) is 20.5. The topological polar surface area (TPSA) is 37.3 Å². The highest BCUT2D eigenvalue weighted by atomic mass is 32.1. The van der Waals surface area contributed by atoms with Gasteiger partial charge in [0, 0.05) is 5.57 Å². The first kappa shape index (κ1) is 20.2. The predicted octanol–water partition coefficient (Wildman–Crippen LogP) is 3.86. The Morgan fingerprint density at radius 2 is 1.31 bits per heavy atom. The molecule has 0 fully saturated rings. The SMILES string of the molecule is C=C(CC)C(=O)O.CC.S.c1ccccc1. The molecule has 0 spiro atoms. The molecule has 92 valence electrons. The third-order valence-electron chi connectivity index (χ3n) is 1.40. The molecule has 0 atom stereocenters. The lowest BCUT2D eigenvalue weighted by atomic mass is 10.2. The molecule has 0 amide bonds. The minimum absolute atomic E-state index is 0. The van der Waals surface area contributed by atoms with Crippen molar-refractivity contribution in [3.8, 4) is 0 Å². The molecule has 3 heteroatoms. The van der Waals surface area contributed by atoms with Crippen LogP contribution in [0.15, 0.2) is 48.6 Å². The number of carboxylic acid groups (broad SMARTS) is 1. The fraction of sp³-hybridized carbons (Fsp3) is 0.308. The van der Waals surface area contributed by atoms with E-state index in [4.69, 9.17) is 5.11 Å². The van der Waals surface area contributed by atoms with E-state index in [1.807, 2.05) is 50.2 Å². The highest BCUT2D eigenvalue weighted by Gasteiger charge is 1.96. The molecule has 0 heterocycles. The molecule has 1 rings (SSSR count). The van der Waals surface area contributed by atoms with Crippen LogP contribution in [0.1, 0.15) is 27.2 Å². The Labute approximate surface area is 105 Å². The molecule has 16 heavy (non-hydrogen) atoms. The van der Waals surface area contributed by atoms with Gasteiger partial charge in [0.05, 0.1) is 0 Å². The number of carbonyl (C=O) groups is 1. The first-order valence-corrected chi connectivity index (χ1v) is 5.09. The number of benzene rings is 1. The highest BCUT2D eigenvalue weighted by Crippen LogP contribution is 1.93. The van der Waals surface area contributed by atoms with E-state index in [1.54, 1.807) is 6.92 Å². The average Bonchev–Trinajstić information content (AvgIpc) is 2.33. The molecule has 0 aromatic heterocycles. The first-order chi connectivity index (χ1) is 7.18. The second-order valence-corrected chi connectivity index (χ2v) is 2.42. The smallest absolute Gasteiger partial charge is 0.330 e. The number of hydrogen-bond acceptors (Lipinski definition) is 1. The summed E-state index contributed by atoms with van der Waals surface area (Å²) in [5.74, 6) is -0.900. The molecule has 0 unspecified atom stereocenters. The summed E-state index contributed by atoms with van der Waals surface area (Å²) < 4.78 is 0. The molecule has 0 aliphatic rings. The summed E-state index contributed by atoms with van der Waals surface area (Å²) in [7, 11) is 0. The zero-order chi connectivity index (χ0) is 12.1. The van der Waals surface area contributed by atoms with Crippen molar-refractivity contribution in [1.82, 2.24) is 0 Å². The second-order valence-electron chi connectivity index (χ2n) is 2.42. The summed E-state index contributed by atoms with van der Waals surface area (Å²) >= 11 is 0. The van der Waals surface area contributed by atoms with Crippen LogP contribution in [-0.4, -0.2) is 11.1 Å². The van der Waals surface area contributed by atoms with Gasteiger partial charge in [-0.05, 0) is 6.42 Å². The molecule has 0 bridgehead atoms. The van der Waals surface area contributed by atoms with Crippen molar-refractivity contribution in [2.24, 2.45) is 0 Å². The average molecular weight is 242 g/mol. The molecule has 0 saturated heterocycles. The maximum atomic E-state index is 9.83. The molecule has 1 aromatic rings. The van der Waals surface area contributed by atoms with E-state index in [1.165, 1.54) is 0 Å². The summed E-state index contributed by atoms with van der Waals surface area (Å²) in [6.07, 6.45) is 0.523. The van der Waals surface area contributed by atoms with Crippen LogP contribution < -0.4 is 0 Å². The van der Waals surface area contributed by atoms with E-state index in [0.29, 0.717) is 6.42 Å². The molecular formula is C13H22O2S. The lowest BCUT2D eigenvalue weighted by Crippen LogP contribution is -1.95. The fourth-order valence-corrected chi connectivity index (χ4v) is 0.536. The van der Waals surface area contributed by atoms with E-state index < -0.39 is 5.97 Å². The van der Waals surface area contributed by atoms with Crippen LogP contribution >= 0.6 is 13.5 Å². The molecule has 1 aromatic carbocycles. The van der Waals surface area contributed by atoms with Crippen LogP contribution in [0.4, 0.5) is 0 Å². The Bertz CT molecular complexity index is 231. The van der Waals surface area contributed by atoms with E-state index >= 15 is 0 Å². The third-order valence-corrected chi connectivity index (χ3v) is 1.40. The maximum absolute atomic E-state index is 9.83. The van der Waals surface area contributed by atoms with Crippen LogP contribution in [0.5, 0.6) is 0 Å². The zero-order valence-corrected chi connectivity index (χ0v) is 11.2. The molecule has 0 aliphatic heterocycles. The summed E-state index contributed by atoms with van der Waals surface area (Å²) in [4.78, 5) is 9.83. The van der Waals surface area contributed by atoms with Gasteiger partial charge in [0.15, 0.2) is 0 Å². The molecule has 0 aliphatic carbocycles. The van der Waals surface area contributed by atoms with Crippen LogP contribution in [0.3, 0.4) is 0 Å². The standard InChI is InChI=1S/C6H6.C5H8O2.C2H6.H2S/c1-2-4-6-5-3-1;1-3-4(2)5(6)7;1-2;/h1-6H;2-3H2,1H3,(H,6,7);1-2H3;1H2. The monoisotopic (exact) mass is 242 g/mol. The van der Waals surface area contributed by atoms with Crippen molar-refractivity contribution >= 4 is 19.5 Å². The van der Waals surface area contributed by atoms with E-state index in [2.05, 4.69) is 6.58 Å². The Balaban J connectivity index is -0.000000174. The van der Waals surface area contributed by atoms with E-state index in [0.717, 1.165) is 0 Å². The summed E-state index contributed by atoms with van der Waals surface area (Å²) in [6, 6.07) is 12.0. The van der Waals surface area contributed by atoms with Crippen molar-refractivity contribution in [2.75, 3.05) is 0 Å². The molecule has 0 saturated carbocycles.